The van der Waals surface area contributed by atoms with E-state index in [2.05, 4.69) is 15.4 Å². The van der Waals surface area contributed by atoms with E-state index in [9.17, 15) is 5.11 Å². The Labute approximate surface area is 93.8 Å². The van der Waals surface area contributed by atoms with Crippen LogP contribution in [0.1, 0.15) is 18.8 Å². The van der Waals surface area contributed by atoms with Gasteiger partial charge in [0, 0.05) is 6.07 Å². The molecular weight excluding hydrogens is 204 g/mol. The van der Waals surface area contributed by atoms with Gasteiger partial charge < -0.3 is 10.4 Å². The third-order valence-electron chi connectivity index (χ3n) is 2.42. The fourth-order valence-corrected chi connectivity index (χ4v) is 1.36. The van der Waals surface area contributed by atoms with E-state index in [1.54, 1.807) is 29.2 Å². The van der Waals surface area contributed by atoms with Gasteiger partial charge in [-0.05, 0) is 26.1 Å². The average Bonchev–Trinajstić information content (AvgIpc) is 2.77. The Balaban J connectivity index is 2.31. The second-order valence-electron chi connectivity index (χ2n) is 3.58. The molecule has 1 aromatic heterocycles. The molecule has 1 unspecified atom stereocenters. The van der Waals surface area contributed by atoms with Crippen molar-refractivity contribution in [2.75, 3.05) is 7.05 Å². The number of aromatic nitrogens is 3. The van der Waals surface area contributed by atoms with Crippen LogP contribution in [-0.2, 0) is 0 Å². The van der Waals surface area contributed by atoms with Crippen molar-refractivity contribution in [2.45, 2.75) is 13.0 Å². The van der Waals surface area contributed by atoms with E-state index < -0.39 is 0 Å². The lowest BCUT2D eigenvalue weighted by Crippen LogP contribution is -2.14. The van der Waals surface area contributed by atoms with Crippen molar-refractivity contribution in [3.8, 4) is 11.4 Å². The zero-order valence-electron chi connectivity index (χ0n) is 9.25. The molecule has 0 saturated carbocycles. The first kappa shape index (κ1) is 10.6. The Hall–Kier alpha value is -1.88. The van der Waals surface area contributed by atoms with Gasteiger partial charge in [-0.3, -0.25) is 0 Å². The van der Waals surface area contributed by atoms with Crippen molar-refractivity contribution in [1.82, 2.24) is 20.1 Å². The standard InChI is InChI=1S/C11H14N4O/c1-8(12-2)11-13-7-15(14-11)9-4-3-5-10(16)6-9/h3-8,12,16H,1-2H3. The maximum absolute atomic E-state index is 9.36. The second kappa shape index (κ2) is 4.32. The molecule has 0 radical (unpaired) electrons. The molecule has 0 aliphatic carbocycles. The minimum absolute atomic E-state index is 0.110. The Kier molecular flexibility index (Phi) is 2.87. The van der Waals surface area contributed by atoms with Gasteiger partial charge in [-0.1, -0.05) is 6.07 Å². The summed E-state index contributed by atoms with van der Waals surface area (Å²) >= 11 is 0. The van der Waals surface area contributed by atoms with Crippen molar-refractivity contribution in [3.63, 3.8) is 0 Å². The summed E-state index contributed by atoms with van der Waals surface area (Å²) in [5.74, 6) is 0.946. The van der Waals surface area contributed by atoms with Crippen molar-refractivity contribution < 1.29 is 5.11 Å². The van der Waals surface area contributed by atoms with Crippen LogP contribution in [0.3, 0.4) is 0 Å². The maximum atomic E-state index is 9.36. The average molecular weight is 218 g/mol. The number of phenolic OH excluding ortho intramolecular Hbond substituents is 1. The van der Waals surface area contributed by atoms with E-state index in [0.717, 1.165) is 11.5 Å². The highest BCUT2D eigenvalue weighted by Crippen LogP contribution is 2.15. The first-order valence-electron chi connectivity index (χ1n) is 5.09. The van der Waals surface area contributed by atoms with Gasteiger partial charge >= 0.3 is 0 Å². The molecule has 0 aliphatic rings. The topological polar surface area (TPSA) is 63.0 Å². The molecule has 16 heavy (non-hydrogen) atoms. The SMILES string of the molecule is CNC(C)c1ncn(-c2cccc(O)c2)n1. The highest BCUT2D eigenvalue weighted by Gasteiger charge is 2.08. The first-order valence-corrected chi connectivity index (χ1v) is 5.09. The first-order chi connectivity index (χ1) is 7.70. The molecule has 0 amide bonds. The molecule has 1 heterocycles. The summed E-state index contributed by atoms with van der Waals surface area (Å²) in [6, 6.07) is 7.01. The summed E-state index contributed by atoms with van der Waals surface area (Å²) in [6.07, 6.45) is 1.64. The lowest BCUT2D eigenvalue weighted by molar-refractivity contribution is 0.474. The predicted molar refractivity (Wildman–Crippen MR) is 60.5 cm³/mol. The number of hydrogen-bond donors (Lipinski definition) is 2. The van der Waals surface area contributed by atoms with E-state index >= 15 is 0 Å². The zero-order chi connectivity index (χ0) is 11.5. The Morgan fingerprint density at radius 2 is 2.25 bits per heavy atom. The van der Waals surface area contributed by atoms with E-state index in [0.29, 0.717) is 0 Å². The van der Waals surface area contributed by atoms with Gasteiger partial charge in [-0.25, -0.2) is 9.67 Å². The predicted octanol–water partition coefficient (Wildman–Crippen LogP) is 1.25. The van der Waals surface area contributed by atoms with Gasteiger partial charge in [-0.15, -0.1) is 5.10 Å². The van der Waals surface area contributed by atoms with Crippen molar-refractivity contribution >= 4 is 0 Å². The molecular formula is C11H14N4O. The summed E-state index contributed by atoms with van der Waals surface area (Å²) in [5, 5.41) is 16.8. The fraction of sp³-hybridized carbons (Fsp3) is 0.273. The normalized spacial score (nSPS) is 12.6. The van der Waals surface area contributed by atoms with Crippen LogP contribution in [0, 0.1) is 0 Å². The Bertz CT molecular complexity index is 480. The summed E-state index contributed by atoms with van der Waals surface area (Å²) < 4.78 is 1.64. The van der Waals surface area contributed by atoms with Gasteiger partial charge in [0.2, 0.25) is 0 Å². The van der Waals surface area contributed by atoms with E-state index in [1.807, 2.05) is 20.0 Å². The van der Waals surface area contributed by atoms with Crippen LogP contribution in [0.4, 0.5) is 0 Å². The Morgan fingerprint density at radius 1 is 1.44 bits per heavy atom. The van der Waals surface area contributed by atoms with E-state index in [4.69, 9.17) is 0 Å². The molecule has 2 rings (SSSR count). The molecule has 1 atom stereocenters. The van der Waals surface area contributed by atoms with Crippen LogP contribution in [0.2, 0.25) is 0 Å². The molecule has 2 aromatic rings. The number of nitrogens with one attached hydrogen (secondary N) is 1. The summed E-state index contributed by atoms with van der Waals surface area (Å²) in [5.41, 5.74) is 0.794. The smallest absolute Gasteiger partial charge is 0.167 e. The molecule has 84 valence electrons. The molecule has 1 aromatic carbocycles. The van der Waals surface area contributed by atoms with E-state index in [-0.39, 0.29) is 11.8 Å². The summed E-state index contributed by atoms with van der Waals surface area (Å²) in [7, 11) is 1.86. The van der Waals surface area contributed by atoms with Gasteiger partial charge in [0.1, 0.15) is 12.1 Å². The summed E-state index contributed by atoms with van der Waals surface area (Å²) in [4.78, 5) is 4.20. The number of rotatable bonds is 3. The highest BCUT2D eigenvalue weighted by atomic mass is 16.3. The van der Waals surface area contributed by atoms with Crippen LogP contribution in [-0.4, -0.2) is 26.9 Å². The number of benzene rings is 1. The third kappa shape index (κ3) is 2.04. The minimum atomic E-state index is 0.110. The molecule has 0 fully saturated rings. The quantitative estimate of drug-likeness (QED) is 0.814. The van der Waals surface area contributed by atoms with Gasteiger partial charge in [0.05, 0.1) is 11.7 Å². The molecule has 0 aliphatic heterocycles. The molecule has 5 heteroatoms. The number of hydrogen-bond acceptors (Lipinski definition) is 4. The van der Waals surface area contributed by atoms with Crippen LogP contribution in [0.15, 0.2) is 30.6 Å². The van der Waals surface area contributed by atoms with Crippen molar-refractivity contribution in [1.29, 1.82) is 0 Å². The van der Waals surface area contributed by atoms with Gasteiger partial charge in [0.25, 0.3) is 0 Å². The highest BCUT2D eigenvalue weighted by molar-refractivity contribution is 5.37. The fourth-order valence-electron chi connectivity index (χ4n) is 1.36. The monoisotopic (exact) mass is 218 g/mol. The number of phenols is 1. The lowest BCUT2D eigenvalue weighted by Gasteiger charge is -2.04. The molecule has 0 bridgehead atoms. The Morgan fingerprint density at radius 3 is 2.94 bits per heavy atom. The molecule has 2 N–H and O–H groups in total. The summed E-state index contributed by atoms with van der Waals surface area (Å²) in [6.45, 7) is 1.99. The van der Waals surface area contributed by atoms with Gasteiger partial charge in [0.15, 0.2) is 5.82 Å². The third-order valence-corrected chi connectivity index (χ3v) is 2.42. The van der Waals surface area contributed by atoms with Crippen LogP contribution in [0.25, 0.3) is 5.69 Å². The maximum Gasteiger partial charge on any atom is 0.167 e. The second-order valence-corrected chi connectivity index (χ2v) is 3.58. The van der Waals surface area contributed by atoms with Gasteiger partial charge in [-0.2, -0.15) is 0 Å². The van der Waals surface area contributed by atoms with Crippen LogP contribution >= 0.6 is 0 Å². The lowest BCUT2D eigenvalue weighted by atomic mass is 10.3. The largest absolute Gasteiger partial charge is 0.508 e. The van der Waals surface area contributed by atoms with Crippen molar-refractivity contribution in [2.24, 2.45) is 0 Å². The van der Waals surface area contributed by atoms with E-state index in [1.165, 1.54) is 0 Å². The number of aromatic hydroxyl groups is 1. The molecule has 0 saturated heterocycles. The van der Waals surface area contributed by atoms with Crippen molar-refractivity contribution in [3.05, 3.63) is 36.4 Å². The minimum Gasteiger partial charge on any atom is -0.508 e. The number of nitrogens with zero attached hydrogens (tertiary/aromatic N) is 3. The molecule has 0 spiro atoms. The zero-order valence-corrected chi connectivity index (χ0v) is 9.25. The van der Waals surface area contributed by atoms with Crippen LogP contribution in [0.5, 0.6) is 5.75 Å². The molecule has 5 nitrogen and oxygen atoms in total. The van der Waals surface area contributed by atoms with Crippen LogP contribution < -0.4 is 5.32 Å².